The minimum absolute atomic E-state index is 0. The van der Waals surface area contributed by atoms with Crippen molar-refractivity contribution in [1.29, 1.82) is 0 Å². The van der Waals surface area contributed by atoms with Gasteiger partial charge in [-0.05, 0) is 115 Å². The van der Waals surface area contributed by atoms with Crippen LogP contribution in [0.3, 0.4) is 0 Å². The number of benzene rings is 3. The maximum Gasteiger partial charge on any atom is 3.00 e. The van der Waals surface area contributed by atoms with Crippen molar-refractivity contribution in [2.45, 2.75) is 290 Å². The van der Waals surface area contributed by atoms with E-state index in [0.717, 1.165) is 38.9 Å². The number of unbranched alkanes of at least 4 members (excludes halogenated alkanes) is 36. The maximum absolute atomic E-state index is 11.0. The Labute approximate surface area is 531 Å². The Hall–Kier alpha value is -4.78. The Bertz CT molecular complexity index is 1860. The first-order valence-electron chi connectivity index (χ1n) is 34.3. The number of carbonyl (C=O) groups is 3. The molecule has 0 spiro atoms. The van der Waals surface area contributed by atoms with Crippen LogP contribution in [0.15, 0.2) is 109 Å². The smallest absolute Gasteiger partial charge is 0.545 e. The van der Waals surface area contributed by atoms with E-state index in [0.29, 0.717) is 17.1 Å². The quantitative estimate of drug-likeness (QED) is 0.0370. The molecule has 3 rings (SSSR count). The molecule has 10 heteroatoms. The van der Waals surface area contributed by atoms with Gasteiger partial charge in [0.25, 0.3) is 0 Å². The Morgan fingerprint density at radius 3 is 0.659 bits per heavy atom. The van der Waals surface area contributed by atoms with E-state index in [1.165, 1.54) is 250 Å². The van der Waals surface area contributed by atoms with Crippen molar-refractivity contribution < 1.29 is 47.1 Å². The molecule has 0 aliphatic carbocycles. The second-order valence-corrected chi connectivity index (χ2v) is 23.1. The van der Waals surface area contributed by atoms with Crippen molar-refractivity contribution in [3.8, 4) is 0 Å². The molecule has 0 aliphatic heterocycles. The fourth-order valence-electron chi connectivity index (χ4n) is 10.2. The van der Waals surface area contributed by atoms with E-state index in [1.807, 2.05) is 18.2 Å². The van der Waals surface area contributed by atoms with Crippen LogP contribution in [-0.4, -0.2) is 37.5 Å². The molecule has 0 aliphatic rings. The van der Waals surface area contributed by atoms with E-state index in [9.17, 15) is 29.7 Å². The van der Waals surface area contributed by atoms with Gasteiger partial charge in [0.05, 0.1) is 17.9 Å². The number of carboxylic acids is 3. The Morgan fingerprint density at radius 1 is 0.282 bits per heavy atom. The SMILES string of the molecule is CCCCCCCCC=CCCCCCCCCNc1ccccc1C(=O)[O-].CCCCCCCCC=CCCCCCCCCNc1ccccc1C(=O)[O-].CCCCCCCCC=CCCCCCCCCNc1ccccc1C(=O)[O-].[Cr+3]. The fraction of sp³-hybridized carbons (Fsp3) is 0.640. The molecule has 1 radical (unpaired) electrons. The number of hydrogen-bond acceptors (Lipinski definition) is 9. The van der Waals surface area contributed by atoms with Gasteiger partial charge in [0.1, 0.15) is 0 Å². The van der Waals surface area contributed by atoms with Crippen LogP contribution in [0, 0.1) is 0 Å². The maximum atomic E-state index is 11.0. The van der Waals surface area contributed by atoms with Crippen molar-refractivity contribution in [3.63, 3.8) is 0 Å². The molecule has 3 aromatic rings. The first-order chi connectivity index (χ1) is 41.3. The zero-order valence-corrected chi connectivity index (χ0v) is 55.3. The molecule has 9 nitrogen and oxygen atoms in total. The predicted octanol–water partition coefficient (Wildman–Crippen LogP) is 19.5. The number of hydrogen-bond donors (Lipinski definition) is 3. The second-order valence-electron chi connectivity index (χ2n) is 23.1. The number of carbonyl (C=O) groups excluding carboxylic acids is 3. The van der Waals surface area contributed by atoms with Crippen LogP contribution in [0.1, 0.15) is 322 Å². The minimum Gasteiger partial charge on any atom is -0.545 e. The zero-order valence-electron chi connectivity index (χ0n) is 54.1. The number of allylic oxidation sites excluding steroid dienone is 6. The van der Waals surface area contributed by atoms with E-state index in [4.69, 9.17) is 0 Å². The average molecular weight is 1210 g/mol. The summed E-state index contributed by atoms with van der Waals surface area (Å²) in [6.07, 6.45) is 68.6. The molecule has 0 unspecified atom stereocenters. The molecular formula is C75H120CrN3O6. The number of para-hydroxylation sites is 3. The Kier molecular flexibility index (Phi) is 58.8. The van der Waals surface area contributed by atoms with Crippen LogP contribution in [-0.2, 0) is 17.4 Å². The van der Waals surface area contributed by atoms with Gasteiger partial charge in [-0.15, -0.1) is 0 Å². The van der Waals surface area contributed by atoms with Gasteiger partial charge >= 0.3 is 17.4 Å². The molecule has 0 bridgehead atoms. The normalized spacial score (nSPS) is 11.0. The van der Waals surface area contributed by atoms with Crippen LogP contribution < -0.4 is 31.3 Å². The van der Waals surface area contributed by atoms with Crippen molar-refractivity contribution in [3.05, 3.63) is 126 Å². The number of aromatic carboxylic acids is 3. The third-order valence-corrected chi connectivity index (χ3v) is 15.5. The summed E-state index contributed by atoms with van der Waals surface area (Å²) < 4.78 is 0. The summed E-state index contributed by atoms with van der Waals surface area (Å²) in [6.45, 7) is 9.23. The number of rotatable bonds is 54. The molecule has 0 heterocycles. The Morgan fingerprint density at radius 2 is 0.459 bits per heavy atom. The van der Waals surface area contributed by atoms with Crippen LogP contribution in [0.5, 0.6) is 0 Å². The third kappa shape index (κ3) is 50.0. The molecule has 3 N–H and O–H groups in total. The molecule has 0 amide bonds. The summed E-state index contributed by atoms with van der Waals surface area (Å²) in [7, 11) is 0. The number of nitrogens with one attached hydrogen (secondary N) is 3. The molecule has 0 aromatic heterocycles. The molecule has 477 valence electrons. The molecule has 85 heavy (non-hydrogen) atoms. The summed E-state index contributed by atoms with van der Waals surface area (Å²) in [6, 6.07) is 20.8. The summed E-state index contributed by atoms with van der Waals surface area (Å²) in [4.78, 5) is 33.1. The summed E-state index contributed by atoms with van der Waals surface area (Å²) >= 11 is 0. The number of carboxylic acid groups (broad SMARTS) is 3. The monoisotopic (exact) mass is 1210 g/mol. The van der Waals surface area contributed by atoms with E-state index in [2.05, 4.69) is 73.2 Å². The summed E-state index contributed by atoms with van der Waals surface area (Å²) in [5, 5.41) is 42.8. The summed E-state index contributed by atoms with van der Waals surface area (Å²) in [5.41, 5.74) is 2.71. The van der Waals surface area contributed by atoms with E-state index in [1.54, 1.807) is 54.6 Å². The van der Waals surface area contributed by atoms with Gasteiger partial charge in [-0.2, -0.15) is 0 Å². The van der Waals surface area contributed by atoms with Crippen molar-refractivity contribution in [2.24, 2.45) is 0 Å². The average Bonchev–Trinajstić information content (AvgIpc) is 3.61. The summed E-state index contributed by atoms with van der Waals surface area (Å²) in [5.74, 6) is -3.36. The second kappa shape index (κ2) is 62.3. The molecule has 0 saturated carbocycles. The van der Waals surface area contributed by atoms with E-state index < -0.39 is 17.9 Å². The van der Waals surface area contributed by atoms with Crippen molar-refractivity contribution >= 4 is 35.0 Å². The standard InChI is InChI=1S/3C25H41NO2.Cr/c3*1-2-3-4-5-6-7-8-9-10-11-12-13-14-15-16-19-22-26-24-21-18-17-20-23(24)25(27)28;/h3*9-10,17-18,20-21,26H,2-8,11-16,19,22H2,1H3,(H,27,28);/q;;;+3/p-3. The number of anilines is 3. The molecule has 0 saturated heterocycles. The van der Waals surface area contributed by atoms with Gasteiger partial charge in [0.2, 0.25) is 0 Å². The first-order valence-corrected chi connectivity index (χ1v) is 34.3. The van der Waals surface area contributed by atoms with Crippen LogP contribution in [0.25, 0.3) is 0 Å². The minimum atomic E-state index is -1.12. The van der Waals surface area contributed by atoms with Crippen molar-refractivity contribution in [2.75, 3.05) is 35.6 Å². The van der Waals surface area contributed by atoms with Gasteiger partial charge < -0.3 is 45.7 Å². The Balaban J connectivity index is 0.00000124. The van der Waals surface area contributed by atoms with Crippen LogP contribution in [0.2, 0.25) is 0 Å². The van der Waals surface area contributed by atoms with Gasteiger partial charge in [-0.25, -0.2) is 0 Å². The molecule has 0 atom stereocenters. The van der Waals surface area contributed by atoms with Crippen LogP contribution >= 0.6 is 0 Å². The molecular weight excluding hydrogens is 1090 g/mol. The zero-order chi connectivity index (χ0) is 60.9. The third-order valence-electron chi connectivity index (χ3n) is 15.5. The van der Waals surface area contributed by atoms with Gasteiger partial charge in [0, 0.05) is 53.4 Å². The van der Waals surface area contributed by atoms with Gasteiger partial charge in [0.15, 0.2) is 0 Å². The van der Waals surface area contributed by atoms with Crippen molar-refractivity contribution in [1.82, 2.24) is 0 Å². The van der Waals surface area contributed by atoms with Gasteiger partial charge in [-0.3, -0.25) is 0 Å². The first kappa shape index (κ1) is 80.2. The predicted molar refractivity (Wildman–Crippen MR) is 356 cm³/mol. The molecule has 3 aromatic carbocycles. The van der Waals surface area contributed by atoms with E-state index >= 15 is 0 Å². The topological polar surface area (TPSA) is 156 Å². The largest absolute Gasteiger partial charge is 3.00 e. The van der Waals surface area contributed by atoms with E-state index in [-0.39, 0.29) is 34.1 Å². The molecule has 0 fully saturated rings. The van der Waals surface area contributed by atoms with Gasteiger partial charge in [-0.1, -0.05) is 285 Å². The fourth-order valence-corrected chi connectivity index (χ4v) is 10.2. The van der Waals surface area contributed by atoms with Crippen LogP contribution in [0.4, 0.5) is 17.1 Å².